The number of aromatic nitrogens is 2. The van der Waals surface area contributed by atoms with Crippen LogP contribution in [0.4, 0.5) is 36.1 Å². The summed E-state index contributed by atoms with van der Waals surface area (Å²) in [6.45, 7) is 5.05. The number of carbonyl (C=O) groups is 1. The minimum atomic E-state index is -4.43. The molecule has 1 amide bonds. The zero-order chi connectivity index (χ0) is 29.0. The molecule has 1 aromatic heterocycles. The van der Waals surface area contributed by atoms with Crippen LogP contribution in [0, 0.1) is 0 Å². The molecule has 0 radical (unpaired) electrons. The summed E-state index contributed by atoms with van der Waals surface area (Å²) in [4.78, 5) is 16.3. The fraction of sp³-hybridized carbons (Fsp3) is 0.241. The van der Waals surface area contributed by atoms with E-state index in [9.17, 15) is 18.0 Å². The number of benzene rings is 3. The molecule has 4 rings (SSSR count). The Morgan fingerprint density at radius 2 is 1.80 bits per heavy atom. The maximum absolute atomic E-state index is 13.2. The van der Waals surface area contributed by atoms with Crippen LogP contribution in [0.15, 0.2) is 67.3 Å². The molecule has 3 N–H and O–H groups in total. The van der Waals surface area contributed by atoms with E-state index < -0.39 is 11.7 Å². The van der Waals surface area contributed by atoms with Crippen molar-refractivity contribution in [2.75, 3.05) is 56.9 Å². The molecule has 0 aliphatic carbocycles. The number of amides is 1. The smallest absolute Gasteiger partial charge is 0.416 e. The van der Waals surface area contributed by atoms with Crippen LogP contribution in [0.2, 0.25) is 0 Å². The number of nitrogens with zero attached hydrogens (tertiary/aromatic N) is 3. The highest BCUT2D eigenvalue weighted by atomic mass is 19.4. The van der Waals surface area contributed by atoms with Gasteiger partial charge in [0, 0.05) is 31.6 Å². The molecule has 0 spiro atoms. The SMILES string of the molecule is C=CC(=O)Nc1cc(Nc2n[nH]c3cc(-c4cccc(C(F)(F)F)c4)ccc23)c(OC)cc1N(C)CCN(C)C. The van der Waals surface area contributed by atoms with Crippen LogP contribution < -0.4 is 20.3 Å². The summed E-state index contributed by atoms with van der Waals surface area (Å²) in [7, 11) is 7.45. The zero-order valence-electron chi connectivity index (χ0n) is 22.7. The monoisotopic (exact) mass is 552 g/mol. The van der Waals surface area contributed by atoms with E-state index in [2.05, 4.69) is 32.3 Å². The predicted molar refractivity (Wildman–Crippen MR) is 153 cm³/mol. The Bertz CT molecular complexity index is 1530. The number of hydrogen-bond acceptors (Lipinski definition) is 6. The van der Waals surface area contributed by atoms with Crippen molar-refractivity contribution in [2.24, 2.45) is 0 Å². The lowest BCUT2D eigenvalue weighted by Gasteiger charge is -2.26. The molecule has 210 valence electrons. The lowest BCUT2D eigenvalue weighted by Crippen LogP contribution is -2.29. The van der Waals surface area contributed by atoms with Crippen molar-refractivity contribution < 1.29 is 22.7 Å². The summed E-state index contributed by atoms with van der Waals surface area (Å²) in [5.74, 6) is 0.657. The van der Waals surface area contributed by atoms with E-state index in [1.807, 2.05) is 32.1 Å². The second-order valence-corrected chi connectivity index (χ2v) is 9.52. The summed E-state index contributed by atoms with van der Waals surface area (Å²) < 4.78 is 45.3. The summed E-state index contributed by atoms with van der Waals surface area (Å²) in [6.07, 6.45) is -3.23. The number of carbonyl (C=O) groups excluding carboxylic acids is 1. The number of rotatable bonds is 10. The molecule has 0 unspecified atom stereocenters. The van der Waals surface area contributed by atoms with Crippen molar-refractivity contribution in [3.8, 4) is 16.9 Å². The molecule has 0 saturated heterocycles. The van der Waals surface area contributed by atoms with Crippen LogP contribution in [0.1, 0.15) is 5.56 Å². The molecule has 8 nitrogen and oxygen atoms in total. The molecule has 0 fully saturated rings. The van der Waals surface area contributed by atoms with Crippen LogP contribution in [0.3, 0.4) is 0 Å². The van der Waals surface area contributed by atoms with Gasteiger partial charge in [0.25, 0.3) is 0 Å². The Morgan fingerprint density at radius 1 is 1.05 bits per heavy atom. The van der Waals surface area contributed by atoms with Crippen LogP contribution >= 0.6 is 0 Å². The minimum absolute atomic E-state index is 0.356. The van der Waals surface area contributed by atoms with Gasteiger partial charge in [-0.05, 0) is 61.6 Å². The van der Waals surface area contributed by atoms with Crippen LogP contribution in [-0.4, -0.2) is 62.3 Å². The Labute approximate surface area is 230 Å². The third kappa shape index (κ3) is 6.37. The second-order valence-electron chi connectivity index (χ2n) is 9.52. The molecule has 0 aliphatic rings. The highest BCUT2D eigenvalue weighted by molar-refractivity contribution is 6.02. The normalized spacial score (nSPS) is 11.5. The summed E-state index contributed by atoms with van der Waals surface area (Å²) >= 11 is 0. The van der Waals surface area contributed by atoms with Gasteiger partial charge in [0.15, 0.2) is 5.82 Å². The van der Waals surface area contributed by atoms with Gasteiger partial charge in [-0.25, -0.2) is 0 Å². The highest BCUT2D eigenvalue weighted by Gasteiger charge is 2.30. The van der Waals surface area contributed by atoms with Gasteiger partial charge >= 0.3 is 6.18 Å². The lowest BCUT2D eigenvalue weighted by atomic mass is 10.0. The minimum Gasteiger partial charge on any atom is -0.494 e. The molecule has 11 heteroatoms. The molecule has 1 heterocycles. The topological polar surface area (TPSA) is 85.5 Å². The van der Waals surface area contributed by atoms with E-state index >= 15 is 0 Å². The van der Waals surface area contributed by atoms with Crippen LogP contribution in [-0.2, 0) is 11.0 Å². The number of nitrogens with one attached hydrogen (secondary N) is 3. The molecule has 40 heavy (non-hydrogen) atoms. The van der Waals surface area contributed by atoms with Gasteiger partial charge in [-0.1, -0.05) is 24.8 Å². The van der Waals surface area contributed by atoms with Gasteiger partial charge in [-0.2, -0.15) is 18.3 Å². The van der Waals surface area contributed by atoms with Crippen molar-refractivity contribution in [1.82, 2.24) is 15.1 Å². The molecule has 0 bridgehead atoms. The third-order valence-electron chi connectivity index (χ3n) is 6.39. The van der Waals surface area contributed by atoms with Gasteiger partial charge in [-0.15, -0.1) is 0 Å². The number of likely N-dealkylation sites (N-methyl/N-ethyl adjacent to an activating group) is 2. The first-order chi connectivity index (χ1) is 19.0. The van der Waals surface area contributed by atoms with Gasteiger partial charge in [0.05, 0.1) is 35.3 Å². The van der Waals surface area contributed by atoms with Crippen molar-refractivity contribution in [3.63, 3.8) is 0 Å². The standard InChI is InChI=1S/C29H31F3N6O2/c1-6-27(39)33-23-16-24(26(40-5)17-25(23)38(4)13-12-37(2)3)34-28-21-11-10-19(15-22(21)35-36-28)18-8-7-9-20(14-18)29(30,31)32/h6-11,14-17H,1,12-13H2,2-5H3,(H,33,39)(H2,34,35,36). The molecule has 0 atom stereocenters. The first-order valence-corrected chi connectivity index (χ1v) is 12.4. The van der Waals surface area contributed by atoms with Crippen molar-refractivity contribution in [1.29, 1.82) is 0 Å². The van der Waals surface area contributed by atoms with Crippen molar-refractivity contribution >= 4 is 39.7 Å². The highest BCUT2D eigenvalue weighted by Crippen LogP contribution is 2.39. The largest absolute Gasteiger partial charge is 0.494 e. The Hall–Kier alpha value is -4.51. The Morgan fingerprint density at radius 3 is 2.48 bits per heavy atom. The van der Waals surface area contributed by atoms with E-state index in [1.54, 1.807) is 37.4 Å². The number of H-pyrrole nitrogens is 1. The van der Waals surface area contributed by atoms with Crippen molar-refractivity contribution in [3.05, 3.63) is 72.8 Å². The van der Waals surface area contributed by atoms with Gasteiger partial charge in [0.2, 0.25) is 5.91 Å². The summed E-state index contributed by atoms with van der Waals surface area (Å²) in [5.41, 5.74) is 2.86. The molecule has 0 aliphatic heterocycles. The Balaban J connectivity index is 1.68. The van der Waals surface area contributed by atoms with Crippen LogP contribution in [0.5, 0.6) is 5.75 Å². The number of fused-ring (bicyclic) bond motifs is 1. The zero-order valence-corrected chi connectivity index (χ0v) is 22.7. The van der Waals surface area contributed by atoms with E-state index in [4.69, 9.17) is 4.74 Å². The average molecular weight is 553 g/mol. The molecular weight excluding hydrogens is 521 g/mol. The first-order valence-electron chi connectivity index (χ1n) is 12.4. The molecule has 0 saturated carbocycles. The molecule has 4 aromatic rings. The van der Waals surface area contributed by atoms with E-state index in [0.717, 1.165) is 29.8 Å². The van der Waals surface area contributed by atoms with E-state index in [-0.39, 0.29) is 5.91 Å². The number of ether oxygens (including phenoxy) is 1. The summed E-state index contributed by atoms with van der Waals surface area (Å²) in [6, 6.07) is 14.1. The predicted octanol–water partition coefficient (Wildman–Crippen LogP) is 6.12. The number of alkyl halides is 3. The Kier molecular flexibility index (Phi) is 8.34. The second kappa shape index (κ2) is 11.7. The van der Waals surface area contributed by atoms with E-state index in [0.29, 0.717) is 46.1 Å². The third-order valence-corrected chi connectivity index (χ3v) is 6.39. The van der Waals surface area contributed by atoms with Crippen LogP contribution in [0.25, 0.3) is 22.0 Å². The van der Waals surface area contributed by atoms with Gasteiger partial charge in [-0.3, -0.25) is 9.89 Å². The maximum atomic E-state index is 13.2. The number of anilines is 4. The fourth-order valence-electron chi connectivity index (χ4n) is 4.20. The lowest BCUT2D eigenvalue weighted by molar-refractivity contribution is -0.137. The van der Waals surface area contributed by atoms with Gasteiger partial charge in [0.1, 0.15) is 5.75 Å². The molecular formula is C29H31F3N6O2. The summed E-state index contributed by atoms with van der Waals surface area (Å²) in [5, 5.41) is 14.2. The van der Waals surface area contributed by atoms with E-state index in [1.165, 1.54) is 12.1 Å². The fourth-order valence-corrected chi connectivity index (χ4v) is 4.20. The first kappa shape index (κ1) is 28.5. The number of aromatic amines is 1. The van der Waals surface area contributed by atoms with Gasteiger partial charge < -0.3 is 25.2 Å². The molecule has 3 aromatic carbocycles. The van der Waals surface area contributed by atoms with Crippen molar-refractivity contribution in [2.45, 2.75) is 6.18 Å². The number of methoxy groups -OCH3 is 1. The maximum Gasteiger partial charge on any atom is 0.416 e. The quantitative estimate of drug-likeness (QED) is 0.206. The average Bonchev–Trinajstić information content (AvgIpc) is 3.33. The number of halogens is 3. The number of hydrogen-bond donors (Lipinski definition) is 3.